The Morgan fingerprint density at radius 3 is 2.70 bits per heavy atom. The number of H-pyrrole nitrogens is 1. The lowest BCUT2D eigenvalue weighted by molar-refractivity contribution is 0.0690. The lowest BCUT2D eigenvalue weighted by Gasteiger charge is -2.04. The van der Waals surface area contributed by atoms with Gasteiger partial charge in [0.15, 0.2) is 5.69 Å². The van der Waals surface area contributed by atoms with Crippen LogP contribution in [0.4, 0.5) is 0 Å². The van der Waals surface area contributed by atoms with E-state index in [-0.39, 0.29) is 5.69 Å². The highest BCUT2D eigenvalue weighted by atomic mass is 16.4. The first-order chi connectivity index (χ1) is 9.56. The van der Waals surface area contributed by atoms with Crippen LogP contribution in [0.5, 0.6) is 0 Å². The molecule has 0 spiro atoms. The fraction of sp³-hybridized carbons (Fsp3) is 0.133. The van der Waals surface area contributed by atoms with Gasteiger partial charge in [0.2, 0.25) is 0 Å². The van der Waals surface area contributed by atoms with Gasteiger partial charge in [-0.05, 0) is 26.0 Å². The summed E-state index contributed by atoms with van der Waals surface area (Å²) < 4.78 is 0. The van der Waals surface area contributed by atoms with Crippen LogP contribution in [0.1, 0.15) is 22.0 Å². The number of hydrogen-bond acceptors (Lipinski definition) is 3. The molecule has 0 aliphatic heterocycles. The zero-order chi connectivity index (χ0) is 14.3. The zero-order valence-corrected chi connectivity index (χ0v) is 11.1. The Morgan fingerprint density at radius 2 is 1.95 bits per heavy atom. The number of benzene rings is 1. The average molecular weight is 267 g/mol. The molecule has 3 aromatic rings. The van der Waals surface area contributed by atoms with Crippen molar-refractivity contribution in [2.45, 2.75) is 13.8 Å². The minimum absolute atomic E-state index is 0.0113. The molecule has 0 bridgehead atoms. The van der Waals surface area contributed by atoms with Crippen LogP contribution in [0.2, 0.25) is 0 Å². The maximum atomic E-state index is 11.1. The van der Waals surface area contributed by atoms with Crippen LogP contribution < -0.4 is 0 Å². The van der Waals surface area contributed by atoms with Crippen LogP contribution >= 0.6 is 0 Å². The first kappa shape index (κ1) is 12.3. The molecule has 0 saturated heterocycles. The Kier molecular flexibility index (Phi) is 2.75. The van der Waals surface area contributed by atoms with Gasteiger partial charge >= 0.3 is 5.97 Å². The predicted octanol–water partition coefficient (Wildman–Crippen LogP) is 2.94. The highest BCUT2D eigenvalue weighted by Gasteiger charge is 2.15. The summed E-state index contributed by atoms with van der Waals surface area (Å²) in [6.07, 6.45) is 0. The highest BCUT2D eigenvalue weighted by Crippen LogP contribution is 2.31. The predicted molar refractivity (Wildman–Crippen MR) is 75.8 cm³/mol. The van der Waals surface area contributed by atoms with Crippen molar-refractivity contribution in [2.24, 2.45) is 0 Å². The lowest BCUT2D eigenvalue weighted by Crippen LogP contribution is -2.04. The van der Waals surface area contributed by atoms with Crippen molar-refractivity contribution in [2.75, 3.05) is 0 Å². The summed E-state index contributed by atoms with van der Waals surface area (Å²) in [7, 11) is 0. The molecule has 0 aliphatic carbocycles. The summed E-state index contributed by atoms with van der Waals surface area (Å²) in [5.74, 6) is -0.598. The smallest absolute Gasteiger partial charge is 0.354 e. The molecule has 0 atom stereocenters. The van der Waals surface area contributed by atoms with Gasteiger partial charge in [0.25, 0.3) is 0 Å². The van der Waals surface area contributed by atoms with Crippen LogP contribution in [-0.2, 0) is 0 Å². The number of para-hydroxylation sites is 1. The number of carboxylic acids is 1. The number of rotatable bonds is 2. The number of nitrogens with zero attached hydrogens (tertiary/aromatic N) is 2. The summed E-state index contributed by atoms with van der Waals surface area (Å²) in [4.78, 5) is 22.7. The van der Waals surface area contributed by atoms with Crippen molar-refractivity contribution in [3.05, 3.63) is 47.5 Å². The normalized spacial score (nSPS) is 10.9. The van der Waals surface area contributed by atoms with Crippen molar-refractivity contribution in [3.8, 4) is 11.3 Å². The van der Waals surface area contributed by atoms with E-state index in [1.54, 1.807) is 6.92 Å². The Balaban J connectivity index is 2.30. The van der Waals surface area contributed by atoms with Crippen LogP contribution in [0.3, 0.4) is 0 Å². The molecule has 0 aliphatic rings. The van der Waals surface area contributed by atoms with Crippen molar-refractivity contribution in [1.29, 1.82) is 0 Å². The Bertz CT molecular complexity index is 821. The molecular weight excluding hydrogens is 254 g/mol. The lowest BCUT2D eigenvalue weighted by atomic mass is 10.1. The molecule has 5 heteroatoms. The molecule has 3 rings (SSSR count). The second-order valence-corrected chi connectivity index (χ2v) is 4.66. The number of aryl methyl sites for hydroxylation is 2. The van der Waals surface area contributed by atoms with Gasteiger partial charge in [-0.3, -0.25) is 0 Å². The van der Waals surface area contributed by atoms with E-state index in [9.17, 15) is 4.79 Å². The molecule has 0 radical (unpaired) electrons. The summed E-state index contributed by atoms with van der Waals surface area (Å²) in [5, 5.41) is 10.1. The fourth-order valence-corrected chi connectivity index (χ4v) is 2.41. The van der Waals surface area contributed by atoms with E-state index in [1.165, 1.54) is 6.07 Å². The maximum absolute atomic E-state index is 11.1. The van der Waals surface area contributed by atoms with Gasteiger partial charge < -0.3 is 10.1 Å². The monoisotopic (exact) mass is 267 g/mol. The van der Waals surface area contributed by atoms with Crippen LogP contribution in [-0.4, -0.2) is 26.0 Å². The number of carboxylic acid groups (broad SMARTS) is 1. The third-order valence-corrected chi connectivity index (χ3v) is 3.21. The van der Waals surface area contributed by atoms with E-state index < -0.39 is 5.97 Å². The molecule has 100 valence electrons. The number of fused-ring (bicyclic) bond motifs is 1. The Morgan fingerprint density at radius 1 is 1.20 bits per heavy atom. The zero-order valence-electron chi connectivity index (χ0n) is 11.1. The van der Waals surface area contributed by atoms with Crippen molar-refractivity contribution >= 4 is 16.9 Å². The Labute approximate surface area is 115 Å². The van der Waals surface area contributed by atoms with E-state index in [1.807, 2.05) is 31.2 Å². The summed E-state index contributed by atoms with van der Waals surface area (Å²) in [5.41, 5.74) is 3.53. The molecule has 0 fully saturated rings. The van der Waals surface area contributed by atoms with Gasteiger partial charge in [-0.2, -0.15) is 0 Å². The van der Waals surface area contributed by atoms with Gasteiger partial charge in [0.1, 0.15) is 5.82 Å². The van der Waals surface area contributed by atoms with Crippen molar-refractivity contribution in [3.63, 3.8) is 0 Å². The van der Waals surface area contributed by atoms with Gasteiger partial charge in [-0.25, -0.2) is 14.8 Å². The molecule has 2 aromatic heterocycles. The maximum Gasteiger partial charge on any atom is 0.354 e. The molecule has 1 aromatic carbocycles. The molecule has 0 amide bonds. The average Bonchev–Trinajstić information content (AvgIpc) is 2.73. The van der Waals surface area contributed by atoms with E-state index in [4.69, 9.17) is 5.11 Å². The number of nitrogens with one attached hydrogen (secondary N) is 1. The summed E-state index contributed by atoms with van der Waals surface area (Å²) in [6.45, 7) is 3.65. The minimum atomic E-state index is -1.05. The minimum Gasteiger partial charge on any atom is -0.477 e. The molecule has 2 heterocycles. The van der Waals surface area contributed by atoms with E-state index in [0.717, 1.165) is 22.2 Å². The van der Waals surface area contributed by atoms with Crippen LogP contribution in [0.25, 0.3) is 22.2 Å². The van der Waals surface area contributed by atoms with E-state index >= 15 is 0 Å². The van der Waals surface area contributed by atoms with Crippen LogP contribution in [0.15, 0.2) is 30.3 Å². The SMILES string of the molecule is Cc1nc(C(=O)O)cc(-c2c(C)[nH]c3ccccc23)n1. The molecule has 0 saturated carbocycles. The third-order valence-electron chi connectivity index (χ3n) is 3.21. The van der Waals surface area contributed by atoms with Crippen molar-refractivity contribution in [1.82, 2.24) is 15.0 Å². The quantitative estimate of drug-likeness (QED) is 0.748. The van der Waals surface area contributed by atoms with E-state index in [2.05, 4.69) is 15.0 Å². The Hall–Kier alpha value is -2.69. The van der Waals surface area contributed by atoms with E-state index in [0.29, 0.717) is 11.5 Å². The standard InChI is InChI=1S/C15H13N3O2/c1-8-14(10-5-3-4-6-11(10)16-8)12-7-13(15(19)20)18-9(2)17-12/h3-7,16H,1-2H3,(H,19,20). The summed E-state index contributed by atoms with van der Waals surface area (Å²) >= 11 is 0. The molecule has 20 heavy (non-hydrogen) atoms. The molecule has 0 unspecified atom stereocenters. The number of aromatic carboxylic acids is 1. The first-order valence-electron chi connectivity index (χ1n) is 6.23. The number of hydrogen-bond donors (Lipinski definition) is 2. The van der Waals surface area contributed by atoms with Gasteiger partial charge in [0, 0.05) is 22.2 Å². The van der Waals surface area contributed by atoms with Gasteiger partial charge in [0.05, 0.1) is 5.69 Å². The number of aromatic nitrogens is 3. The number of carbonyl (C=O) groups is 1. The highest BCUT2D eigenvalue weighted by molar-refractivity contribution is 5.97. The van der Waals surface area contributed by atoms with Crippen molar-refractivity contribution < 1.29 is 9.90 Å². The fourth-order valence-electron chi connectivity index (χ4n) is 2.41. The third kappa shape index (κ3) is 1.93. The van der Waals surface area contributed by atoms with Crippen LogP contribution in [0, 0.1) is 13.8 Å². The molecular formula is C15H13N3O2. The number of aromatic amines is 1. The van der Waals surface area contributed by atoms with Gasteiger partial charge in [-0.15, -0.1) is 0 Å². The second kappa shape index (κ2) is 4.45. The largest absolute Gasteiger partial charge is 0.477 e. The second-order valence-electron chi connectivity index (χ2n) is 4.66. The topological polar surface area (TPSA) is 78.9 Å². The molecule has 5 nitrogen and oxygen atoms in total. The summed E-state index contributed by atoms with van der Waals surface area (Å²) in [6, 6.07) is 9.39. The molecule has 2 N–H and O–H groups in total. The first-order valence-corrected chi connectivity index (χ1v) is 6.23. The van der Waals surface area contributed by atoms with Gasteiger partial charge in [-0.1, -0.05) is 18.2 Å².